The zero-order valence-electron chi connectivity index (χ0n) is 11.7. The maximum atomic E-state index is 12.1. The van der Waals surface area contributed by atoms with Crippen LogP contribution < -0.4 is 10.9 Å². The van der Waals surface area contributed by atoms with Crippen LogP contribution in [0.1, 0.15) is 39.0 Å². The highest BCUT2D eigenvalue weighted by Crippen LogP contribution is 2.25. The first kappa shape index (κ1) is 14.6. The Morgan fingerprint density at radius 3 is 2.90 bits per heavy atom. The van der Waals surface area contributed by atoms with Gasteiger partial charge in [-0.05, 0) is 19.8 Å². The van der Waals surface area contributed by atoms with Crippen LogP contribution in [0.25, 0.3) is 0 Å². The van der Waals surface area contributed by atoms with Crippen LogP contribution in [-0.4, -0.2) is 26.7 Å². The molecule has 20 heavy (non-hydrogen) atoms. The minimum absolute atomic E-state index is 0.191. The SMILES string of the molecule is CCn1ccnc(NC2CCCCCC2C(=O)O)c1=O. The second-order valence-electron chi connectivity index (χ2n) is 5.20. The second-order valence-corrected chi connectivity index (χ2v) is 5.20. The molecule has 2 rings (SSSR count). The molecule has 1 heterocycles. The van der Waals surface area contributed by atoms with Gasteiger partial charge in [-0.3, -0.25) is 9.59 Å². The zero-order valence-corrected chi connectivity index (χ0v) is 11.7. The average molecular weight is 279 g/mol. The monoisotopic (exact) mass is 279 g/mol. The number of rotatable bonds is 4. The first-order chi connectivity index (χ1) is 9.63. The molecule has 1 fully saturated rings. The van der Waals surface area contributed by atoms with Crippen LogP contribution in [0.5, 0.6) is 0 Å². The average Bonchev–Trinajstić information content (AvgIpc) is 2.66. The Hall–Kier alpha value is -1.85. The molecule has 2 unspecified atom stereocenters. The van der Waals surface area contributed by atoms with Crippen molar-refractivity contribution in [3.05, 3.63) is 22.7 Å². The lowest BCUT2D eigenvalue weighted by atomic mass is 9.95. The van der Waals surface area contributed by atoms with Gasteiger partial charge in [0.15, 0.2) is 5.82 Å². The molecule has 6 heteroatoms. The largest absolute Gasteiger partial charge is 0.481 e. The maximum absolute atomic E-state index is 12.1. The number of nitrogens with zero attached hydrogens (tertiary/aromatic N) is 2. The van der Waals surface area contributed by atoms with Gasteiger partial charge in [-0.2, -0.15) is 0 Å². The molecule has 0 saturated heterocycles. The van der Waals surface area contributed by atoms with Crippen molar-refractivity contribution in [2.75, 3.05) is 5.32 Å². The van der Waals surface area contributed by atoms with Gasteiger partial charge in [0.05, 0.1) is 5.92 Å². The van der Waals surface area contributed by atoms with Crippen LogP contribution in [-0.2, 0) is 11.3 Å². The smallest absolute Gasteiger partial charge is 0.308 e. The van der Waals surface area contributed by atoms with Gasteiger partial charge in [-0.25, -0.2) is 4.98 Å². The zero-order chi connectivity index (χ0) is 14.5. The summed E-state index contributed by atoms with van der Waals surface area (Å²) < 4.78 is 1.56. The van der Waals surface area contributed by atoms with Crippen molar-refractivity contribution in [3.8, 4) is 0 Å². The van der Waals surface area contributed by atoms with E-state index < -0.39 is 11.9 Å². The van der Waals surface area contributed by atoms with Crippen molar-refractivity contribution in [1.82, 2.24) is 9.55 Å². The molecule has 1 aromatic rings. The number of carboxylic acids is 1. The summed E-state index contributed by atoms with van der Waals surface area (Å²) in [6.45, 7) is 2.46. The molecule has 110 valence electrons. The van der Waals surface area contributed by atoms with E-state index in [0.717, 1.165) is 25.7 Å². The van der Waals surface area contributed by atoms with Gasteiger partial charge >= 0.3 is 5.97 Å². The summed E-state index contributed by atoms with van der Waals surface area (Å²) in [6.07, 6.45) is 7.58. The van der Waals surface area contributed by atoms with Crippen molar-refractivity contribution in [2.24, 2.45) is 5.92 Å². The summed E-state index contributed by atoms with van der Waals surface area (Å²) in [5.41, 5.74) is -0.191. The Kier molecular flexibility index (Phi) is 4.76. The number of hydrogen-bond donors (Lipinski definition) is 2. The van der Waals surface area contributed by atoms with Gasteiger partial charge in [0, 0.05) is 25.0 Å². The van der Waals surface area contributed by atoms with Gasteiger partial charge in [-0.15, -0.1) is 0 Å². The molecule has 2 atom stereocenters. The predicted octanol–water partition coefficient (Wildman–Crippen LogP) is 1.71. The summed E-state index contributed by atoms with van der Waals surface area (Å²) in [5, 5.41) is 12.4. The molecule has 1 aromatic heterocycles. The Bertz CT molecular complexity index is 527. The van der Waals surface area contributed by atoms with Crippen LogP contribution in [0.2, 0.25) is 0 Å². The number of hydrogen-bond acceptors (Lipinski definition) is 4. The molecule has 1 aliphatic carbocycles. The van der Waals surface area contributed by atoms with E-state index in [4.69, 9.17) is 0 Å². The van der Waals surface area contributed by atoms with Crippen LogP contribution >= 0.6 is 0 Å². The number of aromatic nitrogens is 2. The van der Waals surface area contributed by atoms with Gasteiger partial charge in [-0.1, -0.05) is 19.3 Å². The quantitative estimate of drug-likeness (QED) is 0.820. The molecule has 0 aliphatic heterocycles. The molecular formula is C14H21N3O3. The molecular weight excluding hydrogens is 258 g/mol. The molecule has 0 spiro atoms. The van der Waals surface area contributed by atoms with Crippen molar-refractivity contribution >= 4 is 11.8 Å². The van der Waals surface area contributed by atoms with E-state index in [-0.39, 0.29) is 17.4 Å². The maximum Gasteiger partial charge on any atom is 0.308 e. The van der Waals surface area contributed by atoms with E-state index >= 15 is 0 Å². The fraction of sp³-hybridized carbons (Fsp3) is 0.643. The molecule has 1 aliphatic rings. The third-order valence-corrected chi connectivity index (χ3v) is 3.91. The van der Waals surface area contributed by atoms with Crippen molar-refractivity contribution < 1.29 is 9.90 Å². The Balaban J connectivity index is 2.22. The van der Waals surface area contributed by atoms with Crippen molar-refractivity contribution in [2.45, 2.75) is 51.6 Å². The fourth-order valence-electron chi connectivity index (χ4n) is 2.75. The first-order valence-electron chi connectivity index (χ1n) is 7.18. The standard InChI is InChI=1S/C14H21N3O3/c1-2-17-9-8-15-12(13(17)18)16-11-7-5-3-4-6-10(11)14(19)20/h8-11H,2-7H2,1H3,(H,15,16)(H,19,20). The molecule has 0 amide bonds. The second kappa shape index (κ2) is 6.54. The third-order valence-electron chi connectivity index (χ3n) is 3.91. The lowest BCUT2D eigenvalue weighted by Crippen LogP contribution is -2.36. The first-order valence-corrected chi connectivity index (χ1v) is 7.18. The van der Waals surface area contributed by atoms with E-state index in [1.54, 1.807) is 17.0 Å². The fourth-order valence-corrected chi connectivity index (χ4v) is 2.75. The minimum Gasteiger partial charge on any atom is -0.481 e. The summed E-state index contributed by atoms with van der Waals surface area (Å²) in [6, 6.07) is -0.220. The number of carbonyl (C=O) groups is 1. The predicted molar refractivity (Wildman–Crippen MR) is 75.8 cm³/mol. The Labute approximate surface area is 117 Å². The van der Waals surface area contributed by atoms with E-state index in [1.165, 1.54) is 0 Å². The lowest BCUT2D eigenvalue weighted by Gasteiger charge is -2.23. The van der Waals surface area contributed by atoms with E-state index in [1.807, 2.05) is 6.92 Å². The van der Waals surface area contributed by atoms with E-state index in [9.17, 15) is 14.7 Å². The molecule has 6 nitrogen and oxygen atoms in total. The highest BCUT2D eigenvalue weighted by Gasteiger charge is 2.30. The normalized spacial score (nSPS) is 23.1. The number of nitrogens with one attached hydrogen (secondary N) is 1. The third kappa shape index (κ3) is 3.18. The van der Waals surface area contributed by atoms with Crippen LogP contribution in [0.3, 0.4) is 0 Å². The number of aryl methyl sites for hydroxylation is 1. The topological polar surface area (TPSA) is 84.2 Å². The number of carboxylic acid groups (broad SMARTS) is 1. The van der Waals surface area contributed by atoms with Crippen LogP contribution in [0.4, 0.5) is 5.82 Å². The number of anilines is 1. The minimum atomic E-state index is -0.795. The van der Waals surface area contributed by atoms with Gasteiger partial charge < -0.3 is 15.0 Å². The molecule has 1 saturated carbocycles. The number of aliphatic carboxylic acids is 1. The Morgan fingerprint density at radius 1 is 1.45 bits per heavy atom. The summed E-state index contributed by atoms with van der Waals surface area (Å²) in [4.78, 5) is 27.6. The highest BCUT2D eigenvalue weighted by molar-refractivity contribution is 5.71. The molecule has 2 N–H and O–H groups in total. The van der Waals surface area contributed by atoms with E-state index in [0.29, 0.717) is 13.0 Å². The lowest BCUT2D eigenvalue weighted by molar-refractivity contribution is -0.142. The Morgan fingerprint density at radius 2 is 2.20 bits per heavy atom. The van der Waals surface area contributed by atoms with Crippen molar-refractivity contribution in [1.29, 1.82) is 0 Å². The highest BCUT2D eigenvalue weighted by atomic mass is 16.4. The summed E-state index contributed by atoms with van der Waals surface area (Å²) >= 11 is 0. The molecule has 0 radical (unpaired) electrons. The van der Waals surface area contributed by atoms with E-state index in [2.05, 4.69) is 10.3 Å². The van der Waals surface area contributed by atoms with Gasteiger partial charge in [0.25, 0.3) is 5.56 Å². The van der Waals surface area contributed by atoms with Gasteiger partial charge in [0.2, 0.25) is 0 Å². The molecule has 0 aromatic carbocycles. The summed E-state index contributed by atoms with van der Waals surface area (Å²) in [5.74, 6) is -0.988. The van der Waals surface area contributed by atoms with Gasteiger partial charge in [0.1, 0.15) is 0 Å². The van der Waals surface area contributed by atoms with Crippen LogP contribution in [0, 0.1) is 5.92 Å². The molecule has 0 bridgehead atoms. The van der Waals surface area contributed by atoms with Crippen molar-refractivity contribution in [3.63, 3.8) is 0 Å². The summed E-state index contributed by atoms with van der Waals surface area (Å²) in [7, 11) is 0. The van der Waals surface area contributed by atoms with Crippen LogP contribution in [0.15, 0.2) is 17.2 Å².